The van der Waals surface area contributed by atoms with Crippen LogP contribution in [0, 0.1) is 12.3 Å². The third kappa shape index (κ3) is 3.74. The molecule has 0 aliphatic heterocycles. The van der Waals surface area contributed by atoms with Gasteiger partial charge in [0.25, 0.3) is 0 Å². The Labute approximate surface area is 106 Å². The summed E-state index contributed by atoms with van der Waals surface area (Å²) in [6, 6.07) is 6.32. The lowest BCUT2D eigenvalue weighted by Crippen LogP contribution is -2.25. The molecule has 1 N–H and O–H groups in total. The number of halogens is 1. The van der Waals surface area contributed by atoms with Crippen LogP contribution in [0.4, 0.5) is 0 Å². The first kappa shape index (κ1) is 14.0. The Bertz CT molecular complexity index is 514. The molecule has 0 heterocycles. The van der Waals surface area contributed by atoms with E-state index in [4.69, 9.17) is 18.0 Å². The zero-order valence-corrected chi connectivity index (χ0v) is 10.9. The second-order valence-corrected chi connectivity index (χ2v) is 6.38. The highest BCUT2D eigenvalue weighted by atomic mass is 35.5. The molecule has 0 spiro atoms. The Balaban J connectivity index is 3.17. The number of hydrogen-bond donors (Lipinski definition) is 1. The van der Waals surface area contributed by atoms with Crippen molar-refractivity contribution in [2.24, 2.45) is 0 Å². The van der Waals surface area contributed by atoms with E-state index in [1.165, 1.54) is 0 Å². The maximum absolute atomic E-state index is 11.7. The number of aliphatic hydroxyl groups excluding tert-OH is 1. The van der Waals surface area contributed by atoms with Crippen LogP contribution in [0.15, 0.2) is 24.3 Å². The van der Waals surface area contributed by atoms with Gasteiger partial charge >= 0.3 is 0 Å². The highest BCUT2D eigenvalue weighted by molar-refractivity contribution is 7.91. The van der Waals surface area contributed by atoms with Crippen molar-refractivity contribution in [2.75, 3.05) is 6.26 Å². The summed E-state index contributed by atoms with van der Waals surface area (Å²) in [7, 11) is -3.44. The lowest BCUT2D eigenvalue weighted by Gasteiger charge is -2.20. The second-order valence-electron chi connectivity index (χ2n) is 3.78. The van der Waals surface area contributed by atoms with E-state index in [0.29, 0.717) is 10.6 Å². The van der Waals surface area contributed by atoms with Gasteiger partial charge in [0.2, 0.25) is 0 Å². The van der Waals surface area contributed by atoms with Crippen molar-refractivity contribution in [1.29, 1.82) is 0 Å². The molecule has 2 atom stereocenters. The third-order valence-electron chi connectivity index (χ3n) is 2.34. The molecule has 0 aliphatic carbocycles. The van der Waals surface area contributed by atoms with Crippen LogP contribution in [-0.2, 0) is 9.84 Å². The summed E-state index contributed by atoms with van der Waals surface area (Å²) < 4.78 is 23.3. The summed E-state index contributed by atoms with van der Waals surface area (Å²) in [5.41, 5.74) is 0.486. The predicted octanol–water partition coefficient (Wildman–Crippen LogP) is 1.81. The summed E-state index contributed by atoms with van der Waals surface area (Å²) in [6.45, 7) is 0. The predicted molar refractivity (Wildman–Crippen MR) is 68.5 cm³/mol. The van der Waals surface area contributed by atoms with Crippen LogP contribution < -0.4 is 0 Å². The number of sulfone groups is 1. The Morgan fingerprint density at radius 3 is 2.35 bits per heavy atom. The summed E-state index contributed by atoms with van der Waals surface area (Å²) in [4.78, 5) is 0. The van der Waals surface area contributed by atoms with Crippen molar-refractivity contribution >= 4 is 21.4 Å². The van der Waals surface area contributed by atoms with Gasteiger partial charge in [0.15, 0.2) is 9.84 Å². The lowest BCUT2D eigenvalue weighted by atomic mass is 10.1. The molecular formula is C12H13ClO3S. The van der Waals surface area contributed by atoms with E-state index < -0.39 is 21.2 Å². The Hall–Kier alpha value is -1.02. The number of terminal acetylenes is 1. The van der Waals surface area contributed by atoms with Gasteiger partial charge in [0, 0.05) is 17.7 Å². The largest absolute Gasteiger partial charge is 0.390 e. The summed E-state index contributed by atoms with van der Waals surface area (Å²) in [5.74, 6) is 2.26. The minimum Gasteiger partial charge on any atom is -0.390 e. The zero-order valence-electron chi connectivity index (χ0n) is 9.30. The van der Waals surface area contributed by atoms with E-state index >= 15 is 0 Å². The average molecular weight is 273 g/mol. The lowest BCUT2D eigenvalue weighted by molar-refractivity contribution is 0.174. The first-order chi connectivity index (χ1) is 7.86. The molecule has 3 nitrogen and oxygen atoms in total. The minimum atomic E-state index is -3.44. The molecule has 1 rings (SSSR count). The molecule has 1 aromatic carbocycles. The molecule has 0 saturated carbocycles. The summed E-state index contributed by atoms with van der Waals surface area (Å²) in [5, 5.41) is 9.30. The van der Waals surface area contributed by atoms with Gasteiger partial charge in [0.1, 0.15) is 5.25 Å². The Kier molecular flexibility index (Phi) is 4.58. The fourth-order valence-electron chi connectivity index (χ4n) is 1.63. The van der Waals surface area contributed by atoms with Gasteiger partial charge in [0.05, 0.1) is 6.10 Å². The van der Waals surface area contributed by atoms with E-state index in [2.05, 4.69) is 5.92 Å². The molecule has 0 fully saturated rings. The number of aliphatic hydroxyl groups is 1. The fraction of sp³-hybridized carbons (Fsp3) is 0.333. The van der Waals surface area contributed by atoms with E-state index in [1.807, 2.05) is 0 Å². The highest BCUT2D eigenvalue weighted by Gasteiger charge is 2.30. The van der Waals surface area contributed by atoms with Crippen LogP contribution in [0.2, 0.25) is 5.02 Å². The smallest absolute Gasteiger partial charge is 0.157 e. The maximum atomic E-state index is 11.7. The zero-order chi connectivity index (χ0) is 13.1. The molecule has 92 valence electrons. The molecule has 0 radical (unpaired) electrons. The third-order valence-corrected chi connectivity index (χ3v) is 4.10. The summed E-state index contributed by atoms with van der Waals surface area (Å²) in [6.07, 6.45) is 5.03. The molecule has 0 aliphatic rings. The average Bonchev–Trinajstić information content (AvgIpc) is 2.19. The molecule has 0 saturated heterocycles. The second kappa shape index (κ2) is 5.54. The fourth-order valence-corrected chi connectivity index (χ4v) is 3.08. The minimum absolute atomic E-state index is 0.0135. The molecule has 0 aromatic heterocycles. The number of hydrogen-bond acceptors (Lipinski definition) is 3. The van der Waals surface area contributed by atoms with Crippen LogP contribution >= 0.6 is 11.6 Å². The molecular weight excluding hydrogens is 260 g/mol. The van der Waals surface area contributed by atoms with Crippen molar-refractivity contribution in [2.45, 2.75) is 17.8 Å². The van der Waals surface area contributed by atoms with Crippen molar-refractivity contribution in [3.8, 4) is 12.3 Å². The maximum Gasteiger partial charge on any atom is 0.157 e. The van der Waals surface area contributed by atoms with Gasteiger partial charge in [-0.1, -0.05) is 23.7 Å². The van der Waals surface area contributed by atoms with E-state index in [9.17, 15) is 13.5 Å². The number of rotatable bonds is 4. The molecule has 2 unspecified atom stereocenters. The molecule has 1 aromatic rings. The quantitative estimate of drug-likeness (QED) is 0.851. The van der Waals surface area contributed by atoms with Crippen LogP contribution in [0.25, 0.3) is 0 Å². The van der Waals surface area contributed by atoms with Crippen LogP contribution in [0.1, 0.15) is 17.2 Å². The van der Waals surface area contributed by atoms with E-state index in [1.54, 1.807) is 24.3 Å². The van der Waals surface area contributed by atoms with Gasteiger partial charge in [-0.2, -0.15) is 0 Å². The Morgan fingerprint density at radius 2 is 1.94 bits per heavy atom. The normalized spacial score (nSPS) is 14.9. The van der Waals surface area contributed by atoms with Crippen molar-refractivity contribution in [3.63, 3.8) is 0 Å². The topological polar surface area (TPSA) is 54.4 Å². The Morgan fingerprint density at radius 1 is 1.41 bits per heavy atom. The highest BCUT2D eigenvalue weighted by Crippen LogP contribution is 2.28. The molecule has 0 amide bonds. The van der Waals surface area contributed by atoms with Gasteiger partial charge in [-0.15, -0.1) is 12.3 Å². The standard InChI is InChI=1S/C12H13ClO3S/c1-3-4-11(14)12(17(2,15)16)9-5-7-10(13)8-6-9/h1,5-8,11-12,14H,4H2,2H3. The molecule has 17 heavy (non-hydrogen) atoms. The van der Waals surface area contributed by atoms with Crippen LogP contribution in [0.5, 0.6) is 0 Å². The van der Waals surface area contributed by atoms with Crippen molar-refractivity contribution in [3.05, 3.63) is 34.9 Å². The summed E-state index contributed by atoms with van der Waals surface area (Å²) >= 11 is 5.73. The number of benzene rings is 1. The van der Waals surface area contributed by atoms with Gasteiger partial charge < -0.3 is 5.11 Å². The van der Waals surface area contributed by atoms with Gasteiger partial charge in [-0.3, -0.25) is 0 Å². The monoisotopic (exact) mass is 272 g/mol. The van der Waals surface area contributed by atoms with Crippen molar-refractivity contribution in [1.82, 2.24) is 0 Å². The van der Waals surface area contributed by atoms with E-state index in [0.717, 1.165) is 6.26 Å². The SMILES string of the molecule is C#CCC(O)C(c1ccc(Cl)cc1)S(C)(=O)=O. The molecule has 5 heteroatoms. The van der Waals surface area contributed by atoms with Crippen molar-refractivity contribution < 1.29 is 13.5 Å². The van der Waals surface area contributed by atoms with Crippen LogP contribution in [0.3, 0.4) is 0 Å². The molecule has 0 bridgehead atoms. The van der Waals surface area contributed by atoms with Gasteiger partial charge in [-0.25, -0.2) is 8.42 Å². The van der Waals surface area contributed by atoms with E-state index in [-0.39, 0.29) is 6.42 Å². The first-order valence-corrected chi connectivity index (χ1v) is 7.25. The first-order valence-electron chi connectivity index (χ1n) is 4.92. The van der Waals surface area contributed by atoms with Gasteiger partial charge in [-0.05, 0) is 17.7 Å². The van der Waals surface area contributed by atoms with Crippen LogP contribution in [-0.4, -0.2) is 25.9 Å².